The van der Waals surface area contributed by atoms with Gasteiger partial charge in [-0.2, -0.15) is 0 Å². The van der Waals surface area contributed by atoms with E-state index in [-0.39, 0.29) is 30.7 Å². The van der Waals surface area contributed by atoms with Gasteiger partial charge in [-0.1, -0.05) is 0 Å². The van der Waals surface area contributed by atoms with Crippen molar-refractivity contribution in [3.05, 3.63) is 35.8 Å². The third kappa shape index (κ3) is 3.09. The van der Waals surface area contributed by atoms with Crippen LogP contribution in [0.5, 0.6) is 0 Å². The summed E-state index contributed by atoms with van der Waals surface area (Å²) in [6.45, 7) is 0.190. The van der Waals surface area contributed by atoms with Crippen LogP contribution in [0.25, 0.3) is 10.9 Å². The summed E-state index contributed by atoms with van der Waals surface area (Å²) in [5, 5.41) is 3.20. The van der Waals surface area contributed by atoms with Gasteiger partial charge in [0.15, 0.2) is 0 Å². The number of H-pyrrole nitrogens is 1. The predicted molar refractivity (Wildman–Crippen MR) is 67.2 cm³/mol. The Labute approximate surface area is 108 Å². The fourth-order valence-electron chi connectivity index (χ4n) is 1.70. The van der Waals surface area contributed by atoms with Crippen molar-refractivity contribution < 1.29 is 18.7 Å². The number of hydrogen-bond donors (Lipinski definition) is 2. The minimum Gasteiger partial charge on any atom is -0.469 e. The molecule has 0 atom stereocenters. The van der Waals surface area contributed by atoms with E-state index in [2.05, 4.69) is 15.0 Å². The van der Waals surface area contributed by atoms with Crippen LogP contribution in [0.4, 0.5) is 4.39 Å². The van der Waals surface area contributed by atoms with Gasteiger partial charge >= 0.3 is 5.97 Å². The molecule has 0 spiro atoms. The molecule has 0 aliphatic heterocycles. The fourth-order valence-corrected chi connectivity index (χ4v) is 1.70. The summed E-state index contributed by atoms with van der Waals surface area (Å²) in [5.41, 5.74) is 1.00. The number of halogens is 1. The quantitative estimate of drug-likeness (QED) is 0.824. The molecular weight excluding hydrogens is 251 g/mol. The highest BCUT2D eigenvalue weighted by Crippen LogP contribution is 2.16. The van der Waals surface area contributed by atoms with Gasteiger partial charge in [-0.05, 0) is 24.3 Å². The molecule has 0 aliphatic rings. The lowest BCUT2D eigenvalue weighted by molar-refractivity contribution is -0.140. The average molecular weight is 264 g/mol. The molecule has 6 heteroatoms. The van der Waals surface area contributed by atoms with Crippen LogP contribution in [0.1, 0.15) is 16.9 Å². The Morgan fingerprint density at radius 1 is 1.37 bits per heavy atom. The Morgan fingerprint density at radius 3 is 2.89 bits per heavy atom. The average Bonchev–Trinajstić information content (AvgIpc) is 2.81. The van der Waals surface area contributed by atoms with Crippen LogP contribution < -0.4 is 5.32 Å². The van der Waals surface area contributed by atoms with Crippen molar-refractivity contribution in [2.45, 2.75) is 6.42 Å². The summed E-state index contributed by atoms with van der Waals surface area (Å²) in [6.07, 6.45) is 0.108. The molecule has 0 unspecified atom stereocenters. The van der Waals surface area contributed by atoms with Gasteiger partial charge in [0.25, 0.3) is 5.91 Å². The van der Waals surface area contributed by atoms with E-state index >= 15 is 0 Å². The number of benzene rings is 1. The Morgan fingerprint density at radius 2 is 2.16 bits per heavy atom. The number of ether oxygens (including phenoxy) is 1. The van der Waals surface area contributed by atoms with Crippen molar-refractivity contribution in [1.82, 2.24) is 10.3 Å². The van der Waals surface area contributed by atoms with Crippen molar-refractivity contribution in [2.75, 3.05) is 13.7 Å². The number of rotatable bonds is 4. The number of aromatic amines is 1. The maximum Gasteiger partial charge on any atom is 0.307 e. The number of fused-ring (bicyclic) bond motifs is 1. The van der Waals surface area contributed by atoms with E-state index in [1.807, 2.05) is 0 Å². The minimum absolute atomic E-state index is 0.108. The van der Waals surface area contributed by atoms with Crippen LogP contribution >= 0.6 is 0 Å². The van der Waals surface area contributed by atoms with Crippen molar-refractivity contribution in [3.8, 4) is 0 Å². The Bertz CT molecular complexity index is 621. The van der Waals surface area contributed by atoms with Crippen LogP contribution in [-0.2, 0) is 9.53 Å². The summed E-state index contributed by atoms with van der Waals surface area (Å²) >= 11 is 0. The van der Waals surface area contributed by atoms with E-state index in [0.29, 0.717) is 16.6 Å². The van der Waals surface area contributed by atoms with Crippen LogP contribution in [0, 0.1) is 5.82 Å². The predicted octanol–water partition coefficient (Wildman–Crippen LogP) is 1.60. The molecule has 100 valence electrons. The number of methoxy groups -OCH3 is 1. The summed E-state index contributed by atoms with van der Waals surface area (Å²) in [7, 11) is 1.29. The monoisotopic (exact) mass is 264 g/mol. The van der Waals surface area contributed by atoms with Crippen molar-refractivity contribution in [1.29, 1.82) is 0 Å². The second kappa shape index (κ2) is 5.51. The topological polar surface area (TPSA) is 71.2 Å². The Kier molecular flexibility index (Phi) is 3.79. The molecule has 1 heterocycles. The number of carbonyl (C=O) groups is 2. The molecular formula is C13H13FN2O3. The molecule has 0 aliphatic carbocycles. The molecule has 0 saturated carbocycles. The van der Waals surface area contributed by atoms with Gasteiger partial charge in [-0.25, -0.2) is 4.39 Å². The number of nitrogens with one attached hydrogen (secondary N) is 2. The molecule has 1 aromatic carbocycles. The highest BCUT2D eigenvalue weighted by Gasteiger charge is 2.10. The third-order valence-electron chi connectivity index (χ3n) is 2.67. The molecule has 0 saturated heterocycles. The zero-order valence-corrected chi connectivity index (χ0v) is 10.3. The van der Waals surface area contributed by atoms with Crippen molar-refractivity contribution in [3.63, 3.8) is 0 Å². The van der Waals surface area contributed by atoms with Crippen LogP contribution in [0.15, 0.2) is 24.3 Å². The van der Waals surface area contributed by atoms with E-state index < -0.39 is 0 Å². The van der Waals surface area contributed by atoms with Crippen molar-refractivity contribution >= 4 is 22.8 Å². The zero-order chi connectivity index (χ0) is 13.8. The molecule has 2 N–H and O–H groups in total. The van der Waals surface area contributed by atoms with Gasteiger partial charge in [-0.15, -0.1) is 0 Å². The minimum atomic E-state index is -0.390. The molecule has 2 aromatic rings. The largest absolute Gasteiger partial charge is 0.469 e. The van der Waals surface area contributed by atoms with E-state index in [1.165, 1.54) is 19.2 Å². The molecule has 19 heavy (non-hydrogen) atoms. The third-order valence-corrected chi connectivity index (χ3v) is 2.67. The summed E-state index contributed by atoms with van der Waals surface area (Å²) in [6, 6.07) is 5.79. The maximum atomic E-state index is 13.0. The lowest BCUT2D eigenvalue weighted by Crippen LogP contribution is -2.26. The van der Waals surface area contributed by atoms with Gasteiger partial charge in [-0.3, -0.25) is 9.59 Å². The fraction of sp³-hybridized carbons (Fsp3) is 0.231. The van der Waals surface area contributed by atoms with Crippen LogP contribution in [0.2, 0.25) is 0 Å². The number of carbonyl (C=O) groups excluding carboxylic acids is 2. The number of aromatic nitrogens is 1. The van der Waals surface area contributed by atoms with Crippen molar-refractivity contribution in [2.24, 2.45) is 0 Å². The molecule has 0 fully saturated rings. The van der Waals surface area contributed by atoms with E-state index in [9.17, 15) is 14.0 Å². The first-order valence-corrected chi connectivity index (χ1v) is 5.73. The lowest BCUT2D eigenvalue weighted by atomic mass is 10.2. The van der Waals surface area contributed by atoms with Gasteiger partial charge in [0.05, 0.1) is 13.5 Å². The summed E-state index contributed by atoms with van der Waals surface area (Å²) < 4.78 is 17.5. The number of hydrogen-bond acceptors (Lipinski definition) is 3. The molecule has 2 rings (SSSR count). The normalized spacial score (nSPS) is 10.4. The lowest BCUT2D eigenvalue weighted by Gasteiger charge is -2.02. The smallest absolute Gasteiger partial charge is 0.307 e. The van der Waals surface area contributed by atoms with Gasteiger partial charge in [0.2, 0.25) is 0 Å². The second-order valence-corrected chi connectivity index (χ2v) is 4.00. The molecule has 1 aromatic heterocycles. The van der Waals surface area contributed by atoms with Gasteiger partial charge in [0.1, 0.15) is 11.5 Å². The maximum absolute atomic E-state index is 13.0. The number of amides is 1. The first-order valence-electron chi connectivity index (χ1n) is 5.73. The SMILES string of the molecule is COC(=O)CCNC(=O)c1cc2cc(F)ccc2[nH]1. The first-order chi connectivity index (χ1) is 9.10. The molecule has 5 nitrogen and oxygen atoms in total. The zero-order valence-electron chi connectivity index (χ0n) is 10.3. The molecule has 0 bridgehead atoms. The van der Waals surface area contributed by atoms with Crippen LogP contribution in [-0.4, -0.2) is 30.5 Å². The van der Waals surface area contributed by atoms with Gasteiger partial charge < -0.3 is 15.0 Å². The highest BCUT2D eigenvalue weighted by molar-refractivity contribution is 5.98. The van der Waals surface area contributed by atoms with Crippen LogP contribution in [0.3, 0.4) is 0 Å². The van der Waals surface area contributed by atoms with E-state index in [4.69, 9.17) is 0 Å². The number of esters is 1. The summed E-state index contributed by atoms with van der Waals surface area (Å²) in [4.78, 5) is 25.5. The highest BCUT2D eigenvalue weighted by atomic mass is 19.1. The molecule has 0 radical (unpaired) electrons. The standard InChI is InChI=1S/C13H13FN2O3/c1-19-12(17)4-5-15-13(18)11-7-8-6-9(14)2-3-10(8)16-11/h2-3,6-7,16H,4-5H2,1H3,(H,15,18). The second-order valence-electron chi connectivity index (χ2n) is 4.00. The van der Waals surface area contributed by atoms with E-state index in [1.54, 1.807) is 12.1 Å². The molecule has 1 amide bonds. The first kappa shape index (κ1) is 13.1. The Hall–Kier alpha value is -2.37. The van der Waals surface area contributed by atoms with Gasteiger partial charge in [0, 0.05) is 17.4 Å². The Balaban J connectivity index is 2.03. The summed E-state index contributed by atoms with van der Waals surface area (Å²) in [5.74, 6) is -1.09. The van der Waals surface area contributed by atoms with E-state index in [0.717, 1.165) is 0 Å².